The fourth-order valence-electron chi connectivity index (χ4n) is 7.37. The number of ether oxygens (including phenoxy) is 6. The summed E-state index contributed by atoms with van der Waals surface area (Å²) in [6, 6.07) is 5.49. The summed E-state index contributed by atoms with van der Waals surface area (Å²) in [7, 11) is 3.65. The molecule has 0 amide bonds. The predicted octanol–water partition coefficient (Wildman–Crippen LogP) is 2.52. The van der Waals surface area contributed by atoms with Gasteiger partial charge in [0.05, 0.1) is 29.6 Å². The number of cyclic esters (lactones) is 2. The number of carbonyl (C=O) groups is 2. The first-order chi connectivity index (χ1) is 27.0. The van der Waals surface area contributed by atoms with E-state index in [-0.39, 0.29) is 35.3 Å². The van der Waals surface area contributed by atoms with Gasteiger partial charge in [-0.3, -0.25) is 4.79 Å². The van der Waals surface area contributed by atoms with Crippen molar-refractivity contribution < 1.29 is 94.2 Å². The maximum Gasteiger partial charge on any atom is 0.338 e. The Balaban J connectivity index is 1.41. The van der Waals surface area contributed by atoms with Crippen molar-refractivity contribution in [2.24, 2.45) is 5.92 Å². The number of benzene rings is 3. The zero-order chi connectivity index (χ0) is 41.6. The molecule has 3 aromatic carbocycles. The number of esters is 2. The zero-order valence-electron chi connectivity index (χ0n) is 30.4. The highest BCUT2D eigenvalue weighted by atomic mass is 16.6. The average molecular weight is 801 g/mol. The number of fused-ring (bicyclic) bond motifs is 4. The molecule has 19 heteroatoms. The number of carbonyl (C=O) groups excluding carboxylic acids is 2. The van der Waals surface area contributed by atoms with Gasteiger partial charge in [-0.2, -0.15) is 0 Å². The van der Waals surface area contributed by atoms with Crippen molar-refractivity contribution in [2.45, 2.75) is 55.4 Å². The van der Waals surface area contributed by atoms with Crippen LogP contribution in [0, 0.1) is 5.92 Å². The number of phenolic OH excluding ortho intramolecular Hbond substituents is 7. The molecule has 0 saturated heterocycles. The fourth-order valence-corrected chi connectivity index (χ4v) is 7.37. The Morgan fingerprint density at radius 3 is 2.18 bits per heavy atom. The number of hydrogen-bond acceptors (Lipinski definition) is 19. The van der Waals surface area contributed by atoms with E-state index in [1.54, 1.807) is 0 Å². The van der Waals surface area contributed by atoms with Crippen LogP contribution in [-0.4, -0.2) is 127 Å². The second-order valence-corrected chi connectivity index (χ2v) is 13.6. The minimum Gasteiger partial charge on any atom is -0.508 e. The Labute approximate surface area is 322 Å². The normalized spacial score (nSPS) is 24.7. The van der Waals surface area contributed by atoms with Gasteiger partial charge in [-0.1, -0.05) is 6.07 Å². The molecule has 3 aromatic rings. The molecule has 2 heterocycles. The molecule has 4 unspecified atom stereocenters. The summed E-state index contributed by atoms with van der Waals surface area (Å²) in [5.74, 6) is -14.7. The van der Waals surface area contributed by atoms with Crippen LogP contribution in [0.5, 0.6) is 46.0 Å². The highest BCUT2D eigenvalue weighted by Gasteiger charge is 2.48. The topological polar surface area (TPSA) is 312 Å². The average Bonchev–Trinajstić information content (AvgIpc) is 3.19. The van der Waals surface area contributed by atoms with E-state index in [0.717, 1.165) is 12.1 Å². The summed E-state index contributed by atoms with van der Waals surface area (Å²) in [6.07, 6.45) is -7.78. The Kier molecular flexibility index (Phi) is 11.1. The van der Waals surface area contributed by atoms with E-state index in [0.29, 0.717) is 6.07 Å². The van der Waals surface area contributed by atoms with Crippen LogP contribution in [0.25, 0.3) is 0 Å². The quantitative estimate of drug-likeness (QED) is 0.115. The summed E-state index contributed by atoms with van der Waals surface area (Å²) in [5, 5.41) is 117. The van der Waals surface area contributed by atoms with Gasteiger partial charge in [0, 0.05) is 56.9 Å². The Morgan fingerprint density at radius 1 is 0.807 bits per heavy atom. The summed E-state index contributed by atoms with van der Waals surface area (Å²) in [6.45, 7) is -0.697. The minimum absolute atomic E-state index is 0.0243. The fraction of sp³-hybridized carbons (Fsp3) is 0.368. The standard InChI is InChI=1S/C38H40O19/c1-52-25(10-15-20(41)11-19(40)14-7-24(45)33(56-34(14)15)13-4-5-18(39)21(42)6-13)35(54-3)36-26(53-2)12-55-37(50)16-8-22(43)29(46)31(48)27(16)28-17(38(51)57-36)9-23(44)30(47)32(28)49/h4-6,8-9,11,17,24-26,28,33,35-36,39-49H,7,10,12H2,1-3H3/t17-,24?,25+,26?,28+,33?,35+,36?/m0/s1. The molecule has 19 nitrogen and oxygen atoms in total. The third-order valence-electron chi connectivity index (χ3n) is 10.3. The van der Waals surface area contributed by atoms with E-state index in [4.69, 9.17) is 28.4 Å². The van der Waals surface area contributed by atoms with Crippen molar-refractivity contribution >= 4 is 11.9 Å². The lowest BCUT2D eigenvalue weighted by Crippen LogP contribution is -2.52. The molecule has 0 saturated carbocycles. The summed E-state index contributed by atoms with van der Waals surface area (Å²) < 4.78 is 34.8. The minimum atomic E-state index is -1.92. The van der Waals surface area contributed by atoms with Crippen LogP contribution in [0.4, 0.5) is 0 Å². The van der Waals surface area contributed by atoms with E-state index in [1.165, 1.54) is 39.5 Å². The van der Waals surface area contributed by atoms with Gasteiger partial charge in [-0.05, 0) is 29.8 Å². The Morgan fingerprint density at radius 2 is 1.53 bits per heavy atom. The molecular weight excluding hydrogens is 760 g/mol. The van der Waals surface area contributed by atoms with Gasteiger partial charge in [0.1, 0.15) is 47.9 Å². The largest absolute Gasteiger partial charge is 0.508 e. The van der Waals surface area contributed by atoms with Crippen molar-refractivity contribution in [3.63, 3.8) is 0 Å². The lowest BCUT2D eigenvalue weighted by molar-refractivity contribution is -0.187. The Bertz CT molecular complexity index is 2140. The number of phenols is 7. The van der Waals surface area contributed by atoms with Crippen LogP contribution in [0.15, 0.2) is 53.7 Å². The van der Waals surface area contributed by atoms with Crippen LogP contribution < -0.4 is 4.74 Å². The number of aliphatic hydroxyl groups excluding tert-OH is 4. The number of hydrogen-bond donors (Lipinski definition) is 11. The molecule has 6 rings (SSSR count). The molecule has 1 aliphatic carbocycles. The molecule has 3 aliphatic rings. The number of methoxy groups -OCH3 is 3. The van der Waals surface area contributed by atoms with Gasteiger partial charge in [0.2, 0.25) is 5.75 Å². The van der Waals surface area contributed by atoms with Gasteiger partial charge >= 0.3 is 11.9 Å². The van der Waals surface area contributed by atoms with Crippen LogP contribution in [0.2, 0.25) is 0 Å². The van der Waals surface area contributed by atoms with Crippen LogP contribution in [-0.2, 0) is 41.3 Å². The summed E-state index contributed by atoms with van der Waals surface area (Å²) >= 11 is 0. The lowest BCUT2D eigenvalue weighted by atomic mass is 9.78. The van der Waals surface area contributed by atoms with Crippen molar-refractivity contribution in [1.29, 1.82) is 0 Å². The summed E-state index contributed by atoms with van der Waals surface area (Å²) in [4.78, 5) is 27.8. The van der Waals surface area contributed by atoms with Gasteiger partial charge in [-0.25, -0.2) is 4.79 Å². The van der Waals surface area contributed by atoms with Crippen molar-refractivity contribution in [1.82, 2.24) is 0 Å². The number of allylic oxidation sites excluding steroid dienone is 1. The third-order valence-corrected chi connectivity index (χ3v) is 10.3. The van der Waals surface area contributed by atoms with Crippen LogP contribution in [0.1, 0.15) is 44.6 Å². The lowest BCUT2D eigenvalue weighted by Gasteiger charge is -2.37. The predicted molar refractivity (Wildman–Crippen MR) is 190 cm³/mol. The molecule has 0 spiro atoms. The first-order valence-corrected chi connectivity index (χ1v) is 17.2. The molecule has 0 bridgehead atoms. The van der Waals surface area contributed by atoms with Crippen LogP contribution in [0.3, 0.4) is 0 Å². The second-order valence-electron chi connectivity index (χ2n) is 13.6. The second kappa shape index (κ2) is 15.7. The van der Waals surface area contributed by atoms with Crippen molar-refractivity contribution in [3.8, 4) is 46.0 Å². The molecule has 57 heavy (non-hydrogen) atoms. The highest BCUT2D eigenvalue weighted by molar-refractivity contribution is 5.94. The third kappa shape index (κ3) is 7.16. The van der Waals surface area contributed by atoms with Gasteiger partial charge in [0.15, 0.2) is 40.6 Å². The van der Waals surface area contributed by atoms with E-state index in [1.807, 2.05) is 0 Å². The maximum absolute atomic E-state index is 14.2. The summed E-state index contributed by atoms with van der Waals surface area (Å²) in [5.41, 5.74) is -0.949. The van der Waals surface area contributed by atoms with Crippen molar-refractivity contribution in [2.75, 3.05) is 27.9 Å². The first-order valence-electron chi connectivity index (χ1n) is 17.2. The molecular formula is C38H40O19. The monoisotopic (exact) mass is 800 g/mol. The Hall–Kier alpha value is -6.28. The molecule has 2 aliphatic heterocycles. The number of aromatic hydroxyl groups is 7. The number of aliphatic hydroxyl groups is 4. The zero-order valence-corrected chi connectivity index (χ0v) is 30.4. The van der Waals surface area contributed by atoms with Gasteiger partial charge < -0.3 is 84.6 Å². The molecule has 8 atom stereocenters. The molecule has 0 fully saturated rings. The maximum atomic E-state index is 14.2. The molecule has 306 valence electrons. The highest BCUT2D eigenvalue weighted by Crippen LogP contribution is 2.51. The number of rotatable bonds is 8. The van der Waals surface area contributed by atoms with E-state index in [2.05, 4.69) is 0 Å². The SMILES string of the molecule is COC1COC(=O)c2cc(O)c(O)c(O)c2[C@@H]2C(O)=C(O)C(O)=C[C@@H]2C(=O)OC1[C@H](OC)[C@@H](Cc1c(O)cc(O)c2c1OC(c1ccc(O)c(O)c1)C(O)C2)OC. The van der Waals surface area contributed by atoms with E-state index >= 15 is 0 Å². The van der Waals surface area contributed by atoms with Crippen LogP contribution >= 0.6 is 0 Å². The van der Waals surface area contributed by atoms with Gasteiger partial charge in [0.25, 0.3) is 0 Å². The van der Waals surface area contributed by atoms with Crippen molar-refractivity contribution in [3.05, 3.63) is 81.5 Å². The molecule has 0 aromatic heterocycles. The van der Waals surface area contributed by atoms with Gasteiger partial charge in [-0.15, -0.1) is 0 Å². The molecule has 11 N–H and O–H groups in total. The first kappa shape index (κ1) is 40.4. The smallest absolute Gasteiger partial charge is 0.338 e. The van der Waals surface area contributed by atoms with E-state index < -0.39 is 136 Å². The molecule has 0 radical (unpaired) electrons. The van der Waals surface area contributed by atoms with E-state index in [9.17, 15) is 65.8 Å².